The number of terminal acetylenes is 1. The van der Waals surface area contributed by atoms with E-state index < -0.39 is 0 Å². The maximum absolute atomic E-state index is 12.2. The average molecular weight is 288 g/mol. The number of Topliss-reactive ketones (excluding diaryl/α,β-unsaturated/α-hetero) is 2. The molecule has 116 valence electrons. The van der Waals surface area contributed by atoms with Crippen LogP contribution in [0.15, 0.2) is 12.2 Å². The molecule has 0 N–H and O–H groups in total. The number of hydrogen-bond acceptors (Lipinski definition) is 2. The maximum atomic E-state index is 12.2. The number of ketones is 2. The van der Waals surface area contributed by atoms with Gasteiger partial charge in [0.2, 0.25) is 0 Å². The Labute approximate surface area is 129 Å². The van der Waals surface area contributed by atoms with E-state index in [1.54, 1.807) is 0 Å². The minimum absolute atomic E-state index is 0.0253. The number of allylic oxidation sites excluding steroid dienone is 2. The van der Waals surface area contributed by atoms with E-state index >= 15 is 0 Å². The van der Waals surface area contributed by atoms with Gasteiger partial charge in [0.25, 0.3) is 0 Å². The lowest BCUT2D eigenvalue weighted by molar-refractivity contribution is -0.123. The molecule has 0 heterocycles. The second-order valence-electron chi connectivity index (χ2n) is 5.97. The maximum Gasteiger partial charge on any atom is 0.136 e. The summed E-state index contributed by atoms with van der Waals surface area (Å²) in [6.45, 7) is 0. The Hall–Kier alpha value is -1.36. The monoisotopic (exact) mass is 288 g/mol. The van der Waals surface area contributed by atoms with Crippen LogP contribution in [0.25, 0.3) is 0 Å². The first-order chi connectivity index (χ1) is 10.2. The summed E-state index contributed by atoms with van der Waals surface area (Å²) < 4.78 is 0. The second-order valence-corrected chi connectivity index (χ2v) is 5.97. The summed E-state index contributed by atoms with van der Waals surface area (Å²) in [6, 6.07) is 0. The van der Waals surface area contributed by atoms with Crippen LogP contribution in [0.1, 0.15) is 77.0 Å². The Morgan fingerprint density at radius 2 is 1.67 bits per heavy atom. The third-order valence-electron chi connectivity index (χ3n) is 4.12. The molecule has 1 aliphatic rings. The van der Waals surface area contributed by atoms with Crippen LogP contribution in [0.5, 0.6) is 0 Å². The predicted octanol–water partition coefficient (Wildman–Crippen LogP) is 4.63. The van der Waals surface area contributed by atoms with E-state index in [2.05, 4.69) is 18.1 Å². The summed E-state index contributed by atoms with van der Waals surface area (Å²) in [5.41, 5.74) is 0. The summed E-state index contributed by atoms with van der Waals surface area (Å²) >= 11 is 0. The molecule has 0 aromatic heterocycles. The number of rotatable bonds is 1. The van der Waals surface area contributed by atoms with E-state index in [9.17, 15) is 9.59 Å². The number of carbonyl (C=O) groups is 2. The minimum atomic E-state index is -0.0253. The fourth-order valence-electron chi connectivity index (χ4n) is 2.78. The van der Waals surface area contributed by atoms with Crippen molar-refractivity contribution in [2.24, 2.45) is 5.92 Å². The molecule has 0 bridgehead atoms. The zero-order valence-electron chi connectivity index (χ0n) is 13.1. The predicted molar refractivity (Wildman–Crippen MR) is 86.9 cm³/mol. The molecule has 0 saturated carbocycles. The molecule has 0 radical (unpaired) electrons. The van der Waals surface area contributed by atoms with Crippen LogP contribution in [0.4, 0.5) is 0 Å². The Kier molecular flexibility index (Phi) is 9.53. The van der Waals surface area contributed by atoms with Gasteiger partial charge in [-0.2, -0.15) is 0 Å². The van der Waals surface area contributed by atoms with Gasteiger partial charge in [0.05, 0.1) is 0 Å². The fraction of sp³-hybridized carbons (Fsp3) is 0.684. The van der Waals surface area contributed by atoms with Crippen molar-refractivity contribution in [2.75, 3.05) is 0 Å². The van der Waals surface area contributed by atoms with Crippen LogP contribution in [0.2, 0.25) is 0 Å². The average Bonchev–Trinajstić information content (AvgIpc) is 2.46. The van der Waals surface area contributed by atoms with Gasteiger partial charge in [-0.3, -0.25) is 9.59 Å². The molecule has 21 heavy (non-hydrogen) atoms. The third kappa shape index (κ3) is 8.50. The minimum Gasteiger partial charge on any atom is -0.300 e. The SMILES string of the molecule is C#CCC1CC/C=C\CCCCCCC(=O)CCCC1=O. The quantitative estimate of drug-likeness (QED) is 0.521. The van der Waals surface area contributed by atoms with Crippen LogP contribution >= 0.6 is 0 Å². The van der Waals surface area contributed by atoms with Crippen molar-refractivity contribution in [1.29, 1.82) is 0 Å². The van der Waals surface area contributed by atoms with Gasteiger partial charge in [0.1, 0.15) is 11.6 Å². The molecule has 1 unspecified atom stereocenters. The zero-order chi connectivity index (χ0) is 15.3. The second kappa shape index (κ2) is 11.3. The smallest absolute Gasteiger partial charge is 0.136 e. The van der Waals surface area contributed by atoms with Gasteiger partial charge in [-0.05, 0) is 38.5 Å². The molecular weight excluding hydrogens is 260 g/mol. The van der Waals surface area contributed by atoms with Gasteiger partial charge in [0.15, 0.2) is 0 Å². The van der Waals surface area contributed by atoms with Gasteiger partial charge in [-0.1, -0.05) is 25.0 Å². The van der Waals surface area contributed by atoms with Crippen molar-refractivity contribution in [1.82, 2.24) is 0 Å². The Morgan fingerprint density at radius 3 is 2.48 bits per heavy atom. The molecule has 1 rings (SSSR count). The normalized spacial score (nSPS) is 25.2. The van der Waals surface area contributed by atoms with Crippen molar-refractivity contribution in [3.63, 3.8) is 0 Å². The highest BCUT2D eigenvalue weighted by Gasteiger charge is 2.16. The summed E-state index contributed by atoms with van der Waals surface area (Å²) in [5, 5.41) is 0. The van der Waals surface area contributed by atoms with E-state index in [4.69, 9.17) is 6.42 Å². The van der Waals surface area contributed by atoms with Crippen molar-refractivity contribution in [3.05, 3.63) is 12.2 Å². The highest BCUT2D eigenvalue weighted by molar-refractivity contribution is 5.82. The van der Waals surface area contributed by atoms with Gasteiger partial charge in [0, 0.05) is 31.6 Å². The van der Waals surface area contributed by atoms with Crippen molar-refractivity contribution >= 4 is 11.6 Å². The summed E-state index contributed by atoms with van der Waals surface area (Å²) in [6.07, 6.45) is 20.1. The summed E-state index contributed by atoms with van der Waals surface area (Å²) in [4.78, 5) is 23.9. The van der Waals surface area contributed by atoms with Crippen molar-refractivity contribution in [3.8, 4) is 12.3 Å². The largest absolute Gasteiger partial charge is 0.300 e. The van der Waals surface area contributed by atoms with Gasteiger partial charge in [-0.25, -0.2) is 0 Å². The standard InChI is InChI=1S/C19H28O2/c1-2-12-17-13-9-7-5-3-4-6-8-10-14-18(20)15-11-16-19(17)21/h1,5,7,17H,3-4,6,8-16H2/b7-5-. The van der Waals surface area contributed by atoms with Crippen LogP contribution < -0.4 is 0 Å². The van der Waals surface area contributed by atoms with Crippen LogP contribution in [0, 0.1) is 18.3 Å². The van der Waals surface area contributed by atoms with E-state index in [-0.39, 0.29) is 11.7 Å². The first-order valence-electron chi connectivity index (χ1n) is 8.37. The lowest BCUT2D eigenvalue weighted by Crippen LogP contribution is -2.14. The zero-order valence-corrected chi connectivity index (χ0v) is 13.1. The molecule has 0 spiro atoms. The molecule has 2 nitrogen and oxygen atoms in total. The van der Waals surface area contributed by atoms with E-state index in [1.807, 2.05) is 0 Å². The Balaban J connectivity index is 2.52. The topological polar surface area (TPSA) is 34.1 Å². The van der Waals surface area contributed by atoms with Gasteiger partial charge >= 0.3 is 0 Å². The number of hydrogen-bond donors (Lipinski definition) is 0. The fourth-order valence-corrected chi connectivity index (χ4v) is 2.78. The molecule has 1 atom stereocenters. The molecule has 0 amide bonds. The highest BCUT2D eigenvalue weighted by atomic mass is 16.1. The third-order valence-corrected chi connectivity index (χ3v) is 4.12. The van der Waals surface area contributed by atoms with Crippen LogP contribution in [-0.4, -0.2) is 11.6 Å². The van der Waals surface area contributed by atoms with E-state index in [1.165, 1.54) is 12.8 Å². The molecule has 1 aliphatic carbocycles. The van der Waals surface area contributed by atoms with Crippen molar-refractivity contribution in [2.45, 2.75) is 77.0 Å². The van der Waals surface area contributed by atoms with Crippen LogP contribution in [-0.2, 0) is 9.59 Å². The summed E-state index contributed by atoms with van der Waals surface area (Å²) in [7, 11) is 0. The molecule has 0 aliphatic heterocycles. The first-order valence-corrected chi connectivity index (χ1v) is 8.37. The lowest BCUT2D eigenvalue weighted by Gasteiger charge is -2.12. The summed E-state index contributed by atoms with van der Waals surface area (Å²) in [5.74, 6) is 3.14. The Morgan fingerprint density at radius 1 is 0.952 bits per heavy atom. The van der Waals surface area contributed by atoms with Crippen LogP contribution in [0.3, 0.4) is 0 Å². The van der Waals surface area contributed by atoms with Crippen molar-refractivity contribution < 1.29 is 9.59 Å². The molecule has 0 aromatic rings. The molecular formula is C19H28O2. The van der Waals surface area contributed by atoms with E-state index in [0.29, 0.717) is 37.9 Å². The highest BCUT2D eigenvalue weighted by Crippen LogP contribution is 2.17. The molecule has 2 heteroatoms. The molecule has 0 fully saturated rings. The lowest BCUT2D eigenvalue weighted by atomic mass is 9.91. The first kappa shape index (κ1) is 17.7. The Bertz CT molecular complexity index is 387. The van der Waals surface area contributed by atoms with E-state index in [0.717, 1.165) is 32.1 Å². The number of carbonyl (C=O) groups excluding carboxylic acids is 2. The molecule has 0 saturated heterocycles. The molecule has 0 aromatic carbocycles. The van der Waals surface area contributed by atoms with Gasteiger partial charge < -0.3 is 0 Å². The van der Waals surface area contributed by atoms with Gasteiger partial charge in [-0.15, -0.1) is 12.3 Å².